The van der Waals surface area contributed by atoms with Crippen molar-refractivity contribution in [1.29, 1.82) is 0 Å². The van der Waals surface area contributed by atoms with Gasteiger partial charge in [0, 0.05) is 75.8 Å². The number of benzene rings is 2. The van der Waals surface area contributed by atoms with Crippen LogP contribution in [-0.2, 0) is 54.3 Å². The molecule has 3 amide bonds. The van der Waals surface area contributed by atoms with Gasteiger partial charge in [0.15, 0.2) is 11.6 Å². The number of fused-ring (bicyclic) bond motifs is 2. The van der Waals surface area contributed by atoms with Gasteiger partial charge < -0.3 is 34.1 Å². The van der Waals surface area contributed by atoms with Crippen molar-refractivity contribution in [3.63, 3.8) is 0 Å². The average molecular weight is 813 g/mol. The minimum atomic E-state index is -0.613. The number of amides is 3. The third-order valence-corrected chi connectivity index (χ3v) is 12.1. The number of carbonyl (C=O) groups is 4. The highest BCUT2D eigenvalue weighted by atomic mass is 35.5. The van der Waals surface area contributed by atoms with Gasteiger partial charge in [-0.25, -0.2) is 14.8 Å². The Kier molecular flexibility index (Phi) is 11.7. The molecule has 0 unspecified atom stereocenters. The van der Waals surface area contributed by atoms with Gasteiger partial charge in [-0.2, -0.15) is 0 Å². The Morgan fingerprint density at radius 1 is 0.810 bits per heavy atom. The molecule has 2 aliphatic heterocycles. The quantitative estimate of drug-likeness (QED) is 0.181. The number of carbonyl (C=O) groups excluding carboxylic acids is 4. The molecule has 15 heteroatoms. The van der Waals surface area contributed by atoms with Gasteiger partial charge in [0.05, 0.1) is 41.7 Å². The summed E-state index contributed by atoms with van der Waals surface area (Å²) in [5.74, 6) is 0.263. The first-order chi connectivity index (χ1) is 27.6. The number of nitrogens with one attached hydrogen (secondary N) is 2. The van der Waals surface area contributed by atoms with E-state index in [0.717, 1.165) is 73.4 Å². The predicted octanol–water partition coefficient (Wildman–Crippen LogP) is 6.92. The lowest BCUT2D eigenvalue weighted by Gasteiger charge is -2.33. The lowest BCUT2D eigenvalue weighted by molar-refractivity contribution is -0.146. The zero-order valence-corrected chi connectivity index (χ0v) is 35.2. The fraction of sp³-hybridized carbons (Fsp3) is 0.488. The summed E-state index contributed by atoms with van der Waals surface area (Å²) in [4.78, 5) is 65.6. The summed E-state index contributed by atoms with van der Waals surface area (Å²) in [5.41, 5.74) is 6.22. The van der Waals surface area contributed by atoms with Crippen molar-refractivity contribution in [3.05, 3.63) is 81.4 Å². The van der Waals surface area contributed by atoms with E-state index < -0.39 is 11.7 Å². The molecule has 2 aromatic heterocycles. The second-order valence-electron chi connectivity index (χ2n) is 16.7. The molecule has 2 aromatic carbocycles. The summed E-state index contributed by atoms with van der Waals surface area (Å²) in [6, 6.07) is 11.1. The summed E-state index contributed by atoms with van der Waals surface area (Å²) in [7, 11) is 5.15. The molecule has 1 aliphatic carbocycles. The van der Waals surface area contributed by atoms with Crippen molar-refractivity contribution in [2.24, 2.45) is 25.9 Å². The maximum atomic E-state index is 13.8. The molecule has 0 spiro atoms. The third kappa shape index (κ3) is 8.49. The van der Waals surface area contributed by atoms with Crippen molar-refractivity contribution in [3.8, 4) is 11.1 Å². The van der Waals surface area contributed by atoms with Crippen molar-refractivity contribution in [2.75, 3.05) is 37.4 Å². The van der Waals surface area contributed by atoms with E-state index in [1.165, 1.54) is 7.11 Å². The van der Waals surface area contributed by atoms with Crippen LogP contribution < -0.4 is 10.6 Å². The van der Waals surface area contributed by atoms with Crippen LogP contribution in [0, 0.1) is 18.8 Å². The van der Waals surface area contributed by atoms with E-state index in [2.05, 4.69) is 20.5 Å². The van der Waals surface area contributed by atoms with Crippen molar-refractivity contribution >= 4 is 46.9 Å². The Balaban J connectivity index is 1.01. The Morgan fingerprint density at radius 2 is 1.38 bits per heavy atom. The Hall–Kier alpha value is -5.21. The van der Waals surface area contributed by atoms with Gasteiger partial charge in [-0.1, -0.05) is 35.9 Å². The van der Waals surface area contributed by atoms with Gasteiger partial charge in [-0.3, -0.25) is 19.3 Å². The number of methoxy groups -OCH3 is 1. The highest BCUT2D eigenvalue weighted by Crippen LogP contribution is 2.38. The van der Waals surface area contributed by atoms with E-state index in [1.54, 1.807) is 15.5 Å². The molecule has 7 rings (SSSR count). The molecule has 0 radical (unpaired) electrons. The largest absolute Gasteiger partial charge is 0.469 e. The predicted molar refractivity (Wildman–Crippen MR) is 221 cm³/mol. The second-order valence-corrected chi connectivity index (χ2v) is 17.1. The zero-order chi connectivity index (χ0) is 41.5. The van der Waals surface area contributed by atoms with Crippen LogP contribution in [0.2, 0.25) is 5.02 Å². The average Bonchev–Trinajstić information content (AvgIpc) is 3.71. The molecule has 0 saturated heterocycles. The number of hydrogen-bond donors (Lipinski definition) is 2. The first kappa shape index (κ1) is 41.0. The number of nitrogens with zero attached hydrogens (tertiary/aromatic N) is 6. The van der Waals surface area contributed by atoms with Gasteiger partial charge in [0.25, 0.3) is 11.8 Å². The van der Waals surface area contributed by atoms with Gasteiger partial charge in [0.2, 0.25) is 0 Å². The minimum absolute atomic E-state index is 0.00873. The minimum Gasteiger partial charge on any atom is -0.469 e. The van der Waals surface area contributed by atoms with Gasteiger partial charge in [-0.05, 0) is 82.6 Å². The molecule has 4 aromatic rings. The Morgan fingerprint density at radius 3 is 2.00 bits per heavy atom. The van der Waals surface area contributed by atoms with Crippen LogP contribution in [0.4, 0.5) is 16.2 Å². The molecule has 308 valence electrons. The summed E-state index contributed by atoms with van der Waals surface area (Å²) in [5, 5.41) is 6.39. The van der Waals surface area contributed by atoms with Crippen LogP contribution in [0.5, 0.6) is 0 Å². The first-order valence-electron chi connectivity index (χ1n) is 20.0. The van der Waals surface area contributed by atoms with Crippen molar-refractivity contribution in [2.45, 2.75) is 84.9 Å². The van der Waals surface area contributed by atoms with Crippen LogP contribution in [-0.4, -0.2) is 85.1 Å². The van der Waals surface area contributed by atoms with Crippen LogP contribution in [0.1, 0.15) is 96.0 Å². The number of halogens is 1. The van der Waals surface area contributed by atoms with E-state index in [0.29, 0.717) is 58.9 Å². The highest BCUT2D eigenvalue weighted by Gasteiger charge is 2.32. The molecule has 0 bridgehead atoms. The number of hydrogen-bond acceptors (Lipinski definition) is 9. The molecule has 3 aliphatic rings. The number of rotatable bonds is 8. The van der Waals surface area contributed by atoms with E-state index in [-0.39, 0.29) is 36.1 Å². The van der Waals surface area contributed by atoms with E-state index in [1.807, 2.05) is 76.7 Å². The van der Waals surface area contributed by atoms with Gasteiger partial charge in [0.1, 0.15) is 5.60 Å². The fourth-order valence-electron chi connectivity index (χ4n) is 8.52. The first-order valence-corrected chi connectivity index (χ1v) is 20.4. The Bertz CT molecular complexity index is 2250. The lowest BCUT2D eigenvalue weighted by Crippen LogP contribution is -2.40. The number of aromatic nitrogens is 4. The molecule has 14 nitrogen and oxygen atoms in total. The Labute approximate surface area is 344 Å². The maximum absolute atomic E-state index is 13.8. The lowest BCUT2D eigenvalue weighted by atomic mass is 9.81. The molecular weight excluding hydrogens is 760 g/mol. The van der Waals surface area contributed by atoms with Crippen LogP contribution in [0.15, 0.2) is 36.4 Å². The molecule has 1 saturated carbocycles. The SMILES string of the molecule is COC(=O)C1CCC(CN2CCc3c(nc(C(=O)Nc4cccc(-c5cccc(NC(=O)c6nc7c(n6C)CCN(C(=O)OC(C)(C)C)C7)c5C)c4Cl)n3C)C2)CC1. The fourth-order valence-corrected chi connectivity index (χ4v) is 8.80. The van der Waals surface area contributed by atoms with Crippen LogP contribution >= 0.6 is 11.6 Å². The summed E-state index contributed by atoms with van der Waals surface area (Å²) in [6.45, 7) is 10.6. The molecule has 2 N–H and O–H groups in total. The molecule has 1 fully saturated rings. The third-order valence-electron chi connectivity index (χ3n) is 11.7. The number of esters is 1. The molecule has 0 atom stereocenters. The van der Waals surface area contributed by atoms with E-state index in [4.69, 9.17) is 26.1 Å². The topological polar surface area (TPSA) is 153 Å². The molecule has 58 heavy (non-hydrogen) atoms. The second kappa shape index (κ2) is 16.6. The highest BCUT2D eigenvalue weighted by molar-refractivity contribution is 6.36. The number of anilines is 2. The van der Waals surface area contributed by atoms with Crippen molar-refractivity contribution < 1.29 is 28.7 Å². The van der Waals surface area contributed by atoms with E-state index >= 15 is 0 Å². The summed E-state index contributed by atoms with van der Waals surface area (Å²) >= 11 is 7.02. The standard InChI is InChI=1S/C43H53ClN8O6/c1-25-28(10-8-12-30(25)47-39(53)37-46-33-24-52(21-19-35(33)50(37)6)42(56)58-43(2,3)4)29-11-9-13-31(36(29)44)48-40(54)38-45-32-23-51(20-18-34(32)49(38)5)22-26-14-16-27(17-15-26)41(55)57-7/h8-13,26-27H,14-24H2,1-7H3,(H,47,53)(H,48,54). The van der Waals surface area contributed by atoms with Crippen molar-refractivity contribution in [1.82, 2.24) is 28.9 Å². The maximum Gasteiger partial charge on any atom is 0.410 e. The van der Waals surface area contributed by atoms with E-state index in [9.17, 15) is 19.2 Å². The van der Waals surface area contributed by atoms with Gasteiger partial charge >= 0.3 is 12.1 Å². The molecular formula is C43H53ClN8O6. The summed E-state index contributed by atoms with van der Waals surface area (Å²) < 4.78 is 14.2. The normalized spacial score (nSPS) is 18.2. The smallest absolute Gasteiger partial charge is 0.410 e. The van der Waals surface area contributed by atoms with Gasteiger partial charge in [-0.15, -0.1) is 0 Å². The number of ether oxygens (including phenoxy) is 2. The van der Waals surface area contributed by atoms with Crippen LogP contribution in [0.3, 0.4) is 0 Å². The summed E-state index contributed by atoms with van der Waals surface area (Å²) in [6.07, 6.45) is 4.67. The van der Waals surface area contributed by atoms with Crippen LogP contribution in [0.25, 0.3) is 11.1 Å². The zero-order valence-electron chi connectivity index (χ0n) is 34.4. The monoisotopic (exact) mass is 812 g/mol. The molecule has 4 heterocycles. The number of imidazole rings is 2.